The molecule has 0 aliphatic carbocycles. The van der Waals surface area contributed by atoms with Gasteiger partial charge in [0, 0.05) is 23.7 Å². The highest BCUT2D eigenvalue weighted by atomic mass is 14.9. The maximum absolute atomic E-state index is 5.86. The summed E-state index contributed by atoms with van der Waals surface area (Å²) < 4.78 is 0. The second-order valence-electron chi connectivity index (χ2n) is 5.21. The highest BCUT2D eigenvalue weighted by Gasteiger charge is 2.18. The van der Waals surface area contributed by atoms with Crippen molar-refractivity contribution in [3.05, 3.63) is 47.9 Å². The first kappa shape index (κ1) is 13.7. The van der Waals surface area contributed by atoms with Gasteiger partial charge in [-0.1, -0.05) is 44.2 Å². The summed E-state index contributed by atoms with van der Waals surface area (Å²) in [6, 6.07) is 12.2. The summed E-state index contributed by atoms with van der Waals surface area (Å²) >= 11 is 0. The van der Waals surface area contributed by atoms with Gasteiger partial charge in [-0.05, 0) is 18.9 Å². The molecule has 0 saturated heterocycles. The van der Waals surface area contributed by atoms with Gasteiger partial charge in [-0.2, -0.15) is 0 Å². The largest absolute Gasteiger partial charge is 0.330 e. The SMILES string of the molecule is Cc1cc(-c2ccccc2)nc(C(CN)C(C)C)n1. The van der Waals surface area contributed by atoms with Crippen LogP contribution in [0, 0.1) is 12.8 Å². The van der Waals surface area contributed by atoms with Crippen LogP contribution in [0.15, 0.2) is 36.4 Å². The molecule has 0 radical (unpaired) electrons. The van der Waals surface area contributed by atoms with Gasteiger partial charge >= 0.3 is 0 Å². The average molecular weight is 255 g/mol. The van der Waals surface area contributed by atoms with Crippen LogP contribution in [0.5, 0.6) is 0 Å². The number of aryl methyl sites for hydroxylation is 1. The fourth-order valence-electron chi connectivity index (χ4n) is 2.19. The fraction of sp³-hybridized carbons (Fsp3) is 0.375. The first-order chi connectivity index (χ1) is 9.11. The van der Waals surface area contributed by atoms with E-state index in [1.54, 1.807) is 0 Å². The van der Waals surface area contributed by atoms with Crippen molar-refractivity contribution in [1.29, 1.82) is 0 Å². The van der Waals surface area contributed by atoms with E-state index in [0.29, 0.717) is 12.5 Å². The van der Waals surface area contributed by atoms with Crippen molar-refractivity contribution in [2.45, 2.75) is 26.7 Å². The Balaban J connectivity index is 2.45. The molecular weight excluding hydrogens is 234 g/mol. The van der Waals surface area contributed by atoms with Crippen LogP contribution in [0.3, 0.4) is 0 Å². The summed E-state index contributed by atoms with van der Waals surface area (Å²) in [6.45, 7) is 6.90. The van der Waals surface area contributed by atoms with Gasteiger partial charge in [0.15, 0.2) is 0 Å². The van der Waals surface area contributed by atoms with E-state index >= 15 is 0 Å². The van der Waals surface area contributed by atoms with Crippen LogP contribution in [0.2, 0.25) is 0 Å². The Labute approximate surface area is 114 Å². The maximum atomic E-state index is 5.86. The van der Waals surface area contributed by atoms with Gasteiger partial charge in [-0.15, -0.1) is 0 Å². The second kappa shape index (κ2) is 5.93. The molecule has 1 unspecified atom stereocenters. The quantitative estimate of drug-likeness (QED) is 0.913. The standard InChI is InChI=1S/C16H21N3/c1-11(2)14(10-17)16-18-12(3)9-15(19-16)13-7-5-4-6-8-13/h4-9,11,14H,10,17H2,1-3H3. The van der Waals surface area contributed by atoms with Gasteiger partial charge < -0.3 is 5.73 Å². The van der Waals surface area contributed by atoms with Gasteiger partial charge in [0.1, 0.15) is 5.82 Å². The summed E-state index contributed by atoms with van der Waals surface area (Å²) in [7, 11) is 0. The zero-order valence-electron chi connectivity index (χ0n) is 11.8. The minimum Gasteiger partial charge on any atom is -0.330 e. The molecule has 3 nitrogen and oxygen atoms in total. The van der Waals surface area contributed by atoms with E-state index in [9.17, 15) is 0 Å². The topological polar surface area (TPSA) is 51.8 Å². The number of nitrogens with two attached hydrogens (primary N) is 1. The van der Waals surface area contributed by atoms with Gasteiger partial charge in [0.2, 0.25) is 0 Å². The zero-order chi connectivity index (χ0) is 13.8. The van der Waals surface area contributed by atoms with Crippen molar-refractivity contribution in [1.82, 2.24) is 9.97 Å². The van der Waals surface area contributed by atoms with E-state index in [1.807, 2.05) is 31.2 Å². The lowest BCUT2D eigenvalue weighted by atomic mass is 9.95. The first-order valence-electron chi connectivity index (χ1n) is 6.73. The lowest BCUT2D eigenvalue weighted by molar-refractivity contribution is 0.483. The van der Waals surface area contributed by atoms with E-state index < -0.39 is 0 Å². The number of aromatic nitrogens is 2. The van der Waals surface area contributed by atoms with Gasteiger partial charge in [-0.3, -0.25) is 0 Å². The highest BCUT2D eigenvalue weighted by molar-refractivity contribution is 5.59. The van der Waals surface area contributed by atoms with Crippen LogP contribution in [0.4, 0.5) is 0 Å². The summed E-state index contributed by atoms with van der Waals surface area (Å²) in [5.41, 5.74) is 8.95. The van der Waals surface area contributed by atoms with E-state index in [0.717, 1.165) is 22.8 Å². The molecular formula is C16H21N3. The van der Waals surface area contributed by atoms with E-state index in [1.165, 1.54) is 0 Å². The monoisotopic (exact) mass is 255 g/mol. The summed E-state index contributed by atoms with van der Waals surface area (Å²) in [6.07, 6.45) is 0. The second-order valence-corrected chi connectivity index (χ2v) is 5.21. The molecule has 2 N–H and O–H groups in total. The van der Waals surface area contributed by atoms with Crippen LogP contribution < -0.4 is 5.73 Å². The predicted octanol–water partition coefficient (Wildman–Crippen LogP) is 3.15. The minimum atomic E-state index is 0.211. The molecule has 3 heteroatoms. The molecule has 1 aromatic carbocycles. The Morgan fingerprint density at radius 3 is 2.37 bits per heavy atom. The van der Waals surface area contributed by atoms with Crippen LogP contribution >= 0.6 is 0 Å². The van der Waals surface area contributed by atoms with E-state index in [-0.39, 0.29) is 5.92 Å². The third-order valence-electron chi connectivity index (χ3n) is 3.33. The van der Waals surface area contributed by atoms with E-state index in [4.69, 9.17) is 10.7 Å². The molecule has 0 aliphatic heterocycles. The zero-order valence-corrected chi connectivity index (χ0v) is 11.8. The maximum Gasteiger partial charge on any atom is 0.133 e. The minimum absolute atomic E-state index is 0.211. The third-order valence-corrected chi connectivity index (χ3v) is 3.33. The van der Waals surface area contributed by atoms with Crippen molar-refractivity contribution in [2.24, 2.45) is 11.7 Å². The molecule has 0 amide bonds. The molecule has 2 rings (SSSR count). The summed E-state index contributed by atoms with van der Waals surface area (Å²) in [5, 5.41) is 0. The molecule has 0 aliphatic rings. The van der Waals surface area contributed by atoms with Crippen molar-refractivity contribution in [3.8, 4) is 11.3 Å². The van der Waals surface area contributed by atoms with Crippen molar-refractivity contribution >= 4 is 0 Å². The van der Waals surface area contributed by atoms with Gasteiger partial charge in [-0.25, -0.2) is 9.97 Å². The molecule has 0 bridgehead atoms. The lowest BCUT2D eigenvalue weighted by Crippen LogP contribution is -2.20. The number of benzene rings is 1. The molecule has 19 heavy (non-hydrogen) atoms. The van der Waals surface area contributed by atoms with E-state index in [2.05, 4.69) is 31.0 Å². The Hall–Kier alpha value is -1.74. The molecule has 1 atom stereocenters. The number of hydrogen-bond acceptors (Lipinski definition) is 3. The van der Waals surface area contributed by atoms with Crippen LogP contribution in [0.25, 0.3) is 11.3 Å². The number of nitrogens with zero attached hydrogens (tertiary/aromatic N) is 2. The predicted molar refractivity (Wildman–Crippen MR) is 78.8 cm³/mol. The normalized spacial score (nSPS) is 12.7. The molecule has 1 heterocycles. The number of rotatable bonds is 4. The molecule has 2 aromatic rings. The Kier molecular flexibility index (Phi) is 4.27. The molecule has 1 aromatic heterocycles. The lowest BCUT2D eigenvalue weighted by Gasteiger charge is -2.18. The Morgan fingerprint density at radius 2 is 1.79 bits per heavy atom. The fourth-order valence-corrected chi connectivity index (χ4v) is 2.19. The molecule has 100 valence electrons. The Bertz CT molecular complexity index is 535. The smallest absolute Gasteiger partial charge is 0.133 e. The molecule has 0 spiro atoms. The highest BCUT2D eigenvalue weighted by Crippen LogP contribution is 2.24. The Morgan fingerprint density at radius 1 is 1.11 bits per heavy atom. The van der Waals surface area contributed by atoms with Crippen molar-refractivity contribution < 1.29 is 0 Å². The van der Waals surface area contributed by atoms with Crippen LogP contribution in [-0.4, -0.2) is 16.5 Å². The summed E-state index contributed by atoms with van der Waals surface area (Å²) in [4.78, 5) is 9.27. The molecule has 0 saturated carbocycles. The van der Waals surface area contributed by atoms with Gasteiger partial charge in [0.25, 0.3) is 0 Å². The number of hydrogen-bond donors (Lipinski definition) is 1. The van der Waals surface area contributed by atoms with Crippen molar-refractivity contribution in [3.63, 3.8) is 0 Å². The van der Waals surface area contributed by atoms with Crippen LogP contribution in [0.1, 0.15) is 31.3 Å². The first-order valence-corrected chi connectivity index (χ1v) is 6.73. The third kappa shape index (κ3) is 3.18. The molecule has 0 fully saturated rings. The van der Waals surface area contributed by atoms with Gasteiger partial charge in [0.05, 0.1) is 5.69 Å². The average Bonchev–Trinajstić information content (AvgIpc) is 2.39. The van der Waals surface area contributed by atoms with Crippen molar-refractivity contribution in [2.75, 3.05) is 6.54 Å². The van der Waals surface area contributed by atoms with Crippen LogP contribution in [-0.2, 0) is 0 Å². The summed E-state index contributed by atoms with van der Waals surface area (Å²) in [5.74, 6) is 1.51.